The van der Waals surface area contributed by atoms with Crippen LogP contribution in [0.4, 0.5) is 0 Å². The molecule has 0 aliphatic carbocycles. The van der Waals surface area contributed by atoms with Crippen LogP contribution >= 0.6 is 0 Å². The van der Waals surface area contributed by atoms with Crippen molar-refractivity contribution in [3.63, 3.8) is 0 Å². The van der Waals surface area contributed by atoms with Gasteiger partial charge in [0.25, 0.3) is 0 Å². The third-order valence-electron chi connectivity index (χ3n) is 8.74. The molecule has 0 fully saturated rings. The minimum absolute atomic E-state index is 1.16. The van der Waals surface area contributed by atoms with Gasteiger partial charge in [-0.1, -0.05) is 121 Å². The second-order valence-electron chi connectivity index (χ2n) is 11.0. The Balaban J connectivity index is 1.39. The van der Waals surface area contributed by atoms with E-state index in [1.807, 2.05) is 0 Å². The van der Waals surface area contributed by atoms with Gasteiger partial charge in [0.05, 0.1) is 5.52 Å². The Morgan fingerprint density at radius 1 is 0.341 bits per heavy atom. The van der Waals surface area contributed by atoms with Gasteiger partial charge in [0.2, 0.25) is 0 Å². The van der Waals surface area contributed by atoms with Gasteiger partial charge in [-0.3, -0.25) is 0 Å². The molecule has 9 aromatic rings. The van der Waals surface area contributed by atoms with Crippen LogP contribution in [-0.4, -0.2) is 4.98 Å². The van der Waals surface area contributed by atoms with Crippen molar-refractivity contribution in [3.05, 3.63) is 146 Å². The first-order valence-electron chi connectivity index (χ1n) is 14.2. The van der Waals surface area contributed by atoms with E-state index in [-0.39, 0.29) is 0 Å². The molecule has 0 saturated heterocycles. The van der Waals surface area contributed by atoms with Crippen molar-refractivity contribution in [2.45, 2.75) is 0 Å². The molecule has 0 atom stereocenters. The molecule has 1 aromatic heterocycles. The van der Waals surface area contributed by atoms with Crippen LogP contribution in [0, 0.1) is 0 Å². The minimum Gasteiger partial charge on any atom is -0.354 e. The summed E-state index contributed by atoms with van der Waals surface area (Å²) in [5.74, 6) is 0. The van der Waals surface area contributed by atoms with Crippen LogP contribution in [0.15, 0.2) is 146 Å². The SMILES string of the molecule is c1ccc(-c2ccc3[nH]c4c(-c5ccc6ccc7cccc8ccc5c6c78)cc(-c5ccccc5)cc4c3c2)cc1. The highest BCUT2D eigenvalue weighted by molar-refractivity contribution is 6.26. The van der Waals surface area contributed by atoms with E-state index in [4.69, 9.17) is 0 Å². The maximum Gasteiger partial charge on any atom is 0.0545 e. The van der Waals surface area contributed by atoms with Gasteiger partial charge >= 0.3 is 0 Å². The summed E-state index contributed by atoms with van der Waals surface area (Å²) >= 11 is 0. The third kappa shape index (κ3) is 3.36. The molecule has 1 heterocycles. The average molecular weight is 520 g/mol. The summed E-state index contributed by atoms with van der Waals surface area (Å²) in [6, 6.07) is 53.2. The molecule has 0 amide bonds. The molecule has 41 heavy (non-hydrogen) atoms. The molecule has 0 radical (unpaired) electrons. The highest BCUT2D eigenvalue weighted by Crippen LogP contribution is 2.44. The van der Waals surface area contributed by atoms with E-state index in [9.17, 15) is 0 Å². The molecule has 8 aromatic carbocycles. The molecule has 0 unspecified atom stereocenters. The Morgan fingerprint density at radius 2 is 0.976 bits per heavy atom. The number of aromatic nitrogens is 1. The van der Waals surface area contributed by atoms with Gasteiger partial charge in [-0.05, 0) is 84.4 Å². The predicted molar refractivity (Wildman–Crippen MR) is 176 cm³/mol. The monoisotopic (exact) mass is 519 g/mol. The zero-order valence-electron chi connectivity index (χ0n) is 22.4. The number of H-pyrrole nitrogens is 1. The van der Waals surface area contributed by atoms with Crippen molar-refractivity contribution in [1.29, 1.82) is 0 Å². The lowest BCUT2D eigenvalue weighted by Gasteiger charge is -2.15. The average Bonchev–Trinajstić information content (AvgIpc) is 3.42. The van der Waals surface area contributed by atoms with Crippen LogP contribution in [0.1, 0.15) is 0 Å². The van der Waals surface area contributed by atoms with Crippen molar-refractivity contribution in [2.75, 3.05) is 0 Å². The summed E-state index contributed by atoms with van der Waals surface area (Å²) in [7, 11) is 0. The smallest absolute Gasteiger partial charge is 0.0545 e. The van der Waals surface area contributed by atoms with Gasteiger partial charge in [0.1, 0.15) is 0 Å². The van der Waals surface area contributed by atoms with Crippen LogP contribution < -0.4 is 0 Å². The molecule has 190 valence electrons. The molecular weight excluding hydrogens is 494 g/mol. The minimum atomic E-state index is 1.16. The normalized spacial score (nSPS) is 11.9. The van der Waals surface area contributed by atoms with Crippen molar-refractivity contribution < 1.29 is 0 Å². The Labute approximate surface area is 237 Å². The van der Waals surface area contributed by atoms with Crippen molar-refractivity contribution in [3.8, 4) is 33.4 Å². The molecule has 0 bridgehead atoms. The lowest BCUT2D eigenvalue weighted by molar-refractivity contribution is 1.53. The first-order chi connectivity index (χ1) is 20.3. The number of nitrogens with one attached hydrogen (secondary N) is 1. The Hall–Kier alpha value is -5.40. The Bertz CT molecular complexity index is 2380. The molecule has 0 saturated carbocycles. The Kier molecular flexibility index (Phi) is 4.67. The van der Waals surface area contributed by atoms with Gasteiger partial charge < -0.3 is 4.98 Å². The first kappa shape index (κ1) is 22.4. The fraction of sp³-hybridized carbons (Fsp3) is 0. The summed E-state index contributed by atoms with van der Waals surface area (Å²) in [6.07, 6.45) is 0. The standard InChI is InChI=1S/C40H25N/c1-3-8-25(9-4-1)30-18-21-37-34(22-30)36-24-31(26-10-5-2-6-11-26)23-35(40(36)41-37)32-19-16-29-15-14-27-12-7-13-28-17-20-33(32)39(29)38(27)28/h1-24,41H. The van der Waals surface area contributed by atoms with Crippen molar-refractivity contribution in [1.82, 2.24) is 4.98 Å². The fourth-order valence-electron chi connectivity index (χ4n) is 6.79. The fourth-order valence-corrected chi connectivity index (χ4v) is 6.79. The number of hydrogen-bond acceptors (Lipinski definition) is 0. The molecule has 1 heteroatoms. The number of benzene rings is 8. The third-order valence-corrected chi connectivity index (χ3v) is 8.74. The van der Waals surface area contributed by atoms with Gasteiger partial charge in [-0.25, -0.2) is 0 Å². The summed E-state index contributed by atoms with van der Waals surface area (Å²) in [4.78, 5) is 3.83. The zero-order valence-corrected chi connectivity index (χ0v) is 22.4. The van der Waals surface area contributed by atoms with E-state index in [1.54, 1.807) is 0 Å². The summed E-state index contributed by atoms with van der Waals surface area (Å²) < 4.78 is 0. The van der Waals surface area contributed by atoms with Crippen LogP contribution in [0.25, 0.3) is 87.5 Å². The number of fused-ring (bicyclic) bond motifs is 3. The maximum absolute atomic E-state index is 3.83. The van der Waals surface area contributed by atoms with Gasteiger partial charge in [0.15, 0.2) is 0 Å². The second-order valence-corrected chi connectivity index (χ2v) is 11.0. The molecule has 1 nitrogen and oxygen atoms in total. The topological polar surface area (TPSA) is 15.8 Å². The molecule has 0 spiro atoms. The number of rotatable bonds is 3. The number of aromatic amines is 1. The van der Waals surface area contributed by atoms with Crippen LogP contribution in [0.2, 0.25) is 0 Å². The van der Waals surface area contributed by atoms with Gasteiger partial charge in [0, 0.05) is 21.9 Å². The van der Waals surface area contributed by atoms with E-state index in [1.165, 1.54) is 82.0 Å². The van der Waals surface area contributed by atoms with E-state index >= 15 is 0 Å². The molecule has 9 rings (SSSR count). The lowest BCUT2D eigenvalue weighted by Crippen LogP contribution is -1.89. The van der Waals surface area contributed by atoms with Crippen molar-refractivity contribution >= 4 is 54.1 Å². The molecule has 0 aliphatic heterocycles. The van der Waals surface area contributed by atoms with Crippen molar-refractivity contribution in [2.24, 2.45) is 0 Å². The molecule has 0 aliphatic rings. The van der Waals surface area contributed by atoms with E-state index in [0.717, 1.165) is 5.52 Å². The highest BCUT2D eigenvalue weighted by Gasteiger charge is 2.17. The quantitative estimate of drug-likeness (QED) is 0.223. The summed E-state index contributed by atoms with van der Waals surface area (Å²) in [5, 5.41) is 10.4. The predicted octanol–water partition coefficient (Wildman–Crippen LogP) is 11.2. The lowest BCUT2D eigenvalue weighted by atomic mass is 9.88. The van der Waals surface area contributed by atoms with Crippen LogP contribution in [0.5, 0.6) is 0 Å². The Morgan fingerprint density at radius 3 is 1.73 bits per heavy atom. The van der Waals surface area contributed by atoms with E-state index in [0.29, 0.717) is 0 Å². The summed E-state index contributed by atoms with van der Waals surface area (Å²) in [6.45, 7) is 0. The largest absolute Gasteiger partial charge is 0.354 e. The van der Waals surface area contributed by atoms with E-state index < -0.39 is 0 Å². The highest BCUT2D eigenvalue weighted by atomic mass is 14.7. The van der Waals surface area contributed by atoms with Crippen LogP contribution in [-0.2, 0) is 0 Å². The van der Waals surface area contributed by atoms with Gasteiger partial charge in [-0.15, -0.1) is 0 Å². The first-order valence-corrected chi connectivity index (χ1v) is 14.2. The molecular formula is C40H25N. The molecule has 1 N–H and O–H groups in total. The van der Waals surface area contributed by atoms with Gasteiger partial charge in [-0.2, -0.15) is 0 Å². The van der Waals surface area contributed by atoms with Crippen LogP contribution in [0.3, 0.4) is 0 Å². The van der Waals surface area contributed by atoms with E-state index in [2.05, 4.69) is 151 Å². The zero-order chi connectivity index (χ0) is 26.9. The summed E-state index contributed by atoms with van der Waals surface area (Å²) in [5.41, 5.74) is 9.74. The second kappa shape index (κ2) is 8.55. The maximum atomic E-state index is 3.83. The number of hydrogen-bond donors (Lipinski definition) is 1.